The molecule has 2 aromatic carbocycles. The molecule has 0 radical (unpaired) electrons. The predicted molar refractivity (Wildman–Crippen MR) is 93.5 cm³/mol. The number of halogens is 2. The molecule has 3 rings (SSSR count). The van der Waals surface area contributed by atoms with Crippen LogP contribution < -0.4 is 5.69 Å². The van der Waals surface area contributed by atoms with Crippen LogP contribution in [0.3, 0.4) is 0 Å². The largest absolute Gasteiger partial charge is 0.368 e. The van der Waals surface area contributed by atoms with Gasteiger partial charge in [0.15, 0.2) is 0 Å². The van der Waals surface area contributed by atoms with Crippen LogP contribution in [0.5, 0.6) is 0 Å². The van der Waals surface area contributed by atoms with E-state index in [1.165, 1.54) is 24.1 Å². The maximum atomic E-state index is 13.9. The van der Waals surface area contributed by atoms with Gasteiger partial charge in [0, 0.05) is 24.2 Å². The molecule has 0 spiro atoms. The maximum absolute atomic E-state index is 13.9. The summed E-state index contributed by atoms with van der Waals surface area (Å²) in [6, 6.07) is 13.1. The Kier molecular flexibility index (Phi) is 5.13. The number of carbonyl (C=O) groups is 1. The highest BCUT2D eigenvalue weighted by Crippen LogP contribution is 2.20. The Hall–Kier alpha value is -3.00. The summed E-state index contributed by atoms with van der Waals surface area (Å²) in [5.41, 5.74) is 0.217. The molecule has 134 valence electrons. The third-order valence-corrected chi connectivity index (χ3v) is 4.16. The fraction of sp³-hybridized carbons (Fsp3) is 0.176. The number of tetrazole rings is 1. The van der Waals surface area contributed by atoms with Crippen molar-refractivity contribution in [2.24, 2.45) is 0 Å². The third kappa shape index (κ3) is 3.65. The molecule has 3 aromatic rings. The summed E-state index contributed by atoms with van der Waals surface area (Å²) in [5.74, 6) is -0.920. The third-order valence-electron chi connectivity index (χ3n) is 3.81. The summed E-state index contributed by atoms with van der Waals surface area (Å²) in [7, 11) is 1.50. The number of amides is 1. The van der Waals surface area contributed by atoms with E-state index in [1.54, 1.807) is 30.3 Å². The van der Waals surface area contributed by atoms with Crippen molar-refractivity contribution in [3.8, 4) is 5.69 Å². The minimum Gasteiger partial charge on any atom is -0.340 e. The van der Waals surface area contributed by atoms with Gasteiger partial charge < -0.3 is 4.90 Å². The number of nitrogens with zero attached hydrogens (tertiary/aromatic N) is 5. The smallest absolute Gasteiger partial charge is 0.340 e. The Bertz CT molecular complexity index is 966. The van der Waals surface area contributed by atoms with Crippen molar-refractivity contribution in [1.82, 2.24) is 24.7 Å². The molecule has 1 heterocycles. The number of benzene rings is 2. The van der Waals surface area contributed by atoms with E-state index in [1.807, 2.05) is 6.07 Å². The van der Waals surface area contributed by atoms with Crippen molar-refractivity contribution in [1.29, 1.82) is 0 Å². The van der Waals surface area contributed by atoms with E-state index in [-0.39, 0.29) is 23.7 Å². The van der Waals surface area contributed by atoms with E-state index in [2.05, 4.69) is 10.4 Å². The Morgan fingerprint density at radius 2 is 1.88 bits per heavy atom. The molecule has 0 aliphatic carbocycles. The van der Waals surface area contributed by atoms with Crippen LogP contribution in [-0.2, 0) is 17.9 Å². The van der Waals surface area contributed by atoms with Crippen molar-refractivity contribution in [3.05, 3.63) is 75.4 Å². The topological polar surface area (TPSA) is 73.0 Å². The molecule has 0 N–H and O–H groups in total. The Balaban J connectivity index is 1.74. The van der Waals surface area contributed by atoms with Crippen LogP contribution in [0.25, 0.3) is 5.69 Å². The SMILES string of the molecule is CN(Cc1c(F)cccc1Cl)C(=O)Cn1nnn(-c2ccccc2)c1=O. The number of likely N-dealkylation sites (N-methyl/N-ethyl adjacent to an activating group) is 1. The van der Waals surface area contributed by atoms with Gasteiger partial charge in [-0.15, -0.1) is 0 Å². The Labute approximate surface area is 153 Å². The Morgan fingerprint density at radius 1 is 1.15 bits per heavy atom. The summed E-state index contributed by atoms with van der Waals surface area (Å²) in [6.07, 6.45) is 0. The molecule has 0 saturated heterocycles. The highest BCUT2D eigenvalue weighted by atomic mass is 35.5. The molecule has 0 aliphatic heterocycles. The van der Waals surface area contributed by atoms with Gasteiger partial charge >= 0.3 is 5.69 Å². The number of para-hydroxylation sites is 1. The van der Waals surface area contributed by atoms with Crippen LogP contribution in [0.4, 0.5) is 4.39 Å². The van der Waals surface area contributed by atoms with E-state index in [9.17, 15) is 14.0 Å². The number of hydrogen-bond donors (Lipinski definition) is 0. The lowest BCUT2D eigenvalue weighted by Gasteiger charge is -2.18. The first-order valence-electron chi connectivity index (χ1n) is 7.72. The fourth-order valence-electron chi connectivity index (χ4n) is 2.36. The second-order valence-corrected chi connectivity index (χ2v) is 6.02. The van der Waals surface area contributed by atoms with E-state index in [0.29, 0.717) is 5.69 Å². The molecule has 1 amide bonds. The highest BCUT2D eigenvalue weighted by molar-refractivity contribution is 6.31. The van der Waals surface area contributed by atoms with Gasteiger partial charge in [0.05, 0.1) is 5.69 Å². The van der Waals surface area contributed by atoms with Crippen molar-refractivity contribution >= 4 is 17.5 Å². The molecule has 0 aliphatic rings. The second kappa shape index (κ2) is 7.49. The van der Waals surface area contributed by atoms with Gasteiger partial charge in [0.25, 0.3) is 0 Å². The molecule has 0 bridgehead atoms. The first-order chi connectivity index (χ1) is 12.5. The van der Waals surface area contributed by atoms with Gasteiger partial charge in [0.1, 0.15) is 12.4 Å². The van der Waals surface area contributed by atoms with Crippen molar-refractivity contribution in [2.75, 3.05) is 7.05 Å². The van der Waals surface area contributed by atoms with Gasteiger partial charge in [-0.25, -0.2) is 9.18 Å². The summed E-state index contributed by atoms with van der Waals surface area (Å²) in [5, 5.41) is 7.74. The minimum atomic E-state index is -0.540. The zero-order valence-corrected chi connectivity index (χ0v) is 14.6. The summed E-state index contributed by atoms with van der Waals surface area (Å²) in [6.45, 7) is -0.333. The molecule has 0 unspecified atom stereocenters. The molecule has 0 atom stereocenters. The quantitative estimate of drug-likeness (QED) is 0.682. The molecular weight excluding hydrogens is 361 g/mol. The molecule has 9 heteroatoms. The van der Waals surface area contributed by atoms with Crippen molar-refractivity contribution in [2.45, 2.75) is 13.1 Å². The van der Waals surface area contributed by atoms with Gasteiger partial charge in [-0.2, -0.15) is 9.36 Å². The number of aromatic nitrogens is 4. The predicted octanol–water partition coefficient (Wildman–Crippen LogP) is 1.88. The molecule has 7 nitrogen and oxygen atoms in total. The van der Waals surface area contributed by atoms with E-state index >= 15 is 0 Å². The number of rotatable bonds is 5. The lowest BCUT2D eigenvalue weighted by Crippen LogP contribution is -2.34. The maximum Gasteiger partial charge on any atom is 0.368 e. The fourth-order valence-corrected chi connectivity index (χ4v) is 2.59. The van der Waals surface area contributed by atoms with Gasteiger partial charge in [-0.3, -0.25) is 4.79 Å². The van der Waals surface area contributed by atoms with Crippen LogP contribution in [0.2, 0.25) is 5.02 Å². The lowest BCUT2D eigenvalue weighted by atomic mass is 10.2. The first kappa shape index (κ1) is 17.8. The second-order valence-electron chi connectivity index (χ2n) is 5.62. The van der Waals surface area contributed by atoms with Crippen LogP contribution in [-0.4, -0.2) is 37.6 Å². The normalized spacial score (nSPS) is 10.7. The van der Waals surface area contributed by atoms with Gasteiger partial charge in [0.2, 0.25) is 5.91 Å². The standard InChI is InChI=1S/C17H15ClFN5O2/c1-22(10-13-14(18)8-5-9-15(13)19)16(25)11-23-17(26)24(21-20-23)12-6-3-2-4-7-12/h2-9H,10-11H2,1H3. The van der Waals surface area contributed by atoms with Gasteiger partial charge in [-0.1, -0.05) is 35.9 Å². The monoisotopic (exact) mass is 375 g/mol. The highest BCUT2D eigenvalue weighted by Gasteiger charge is 2.17. The molecule has 26 heavy (non-hydrogen) atoms. The number of carbonyl (C=O) groups excluding carboxylic acids is 1. The van der Waals surface area contributed by atoms with Crippen LogP contribution >= 0.6 is 11.6 Å². The zero-order valence-electron chi connectivity index (χ0n) is 13.8. The number of hydrogen-bond acceptors (Lipinski definition) is 4. The van der Waals surface area contributed by atoms with Crippen LogP contribution in [0, 0.1) is 5.82 Å². The molecule has 1 aromatic heterocycles. The minimum absolute atomic E-state index is 0.0219. The van der Waals surface area contributed by atoms with Gasteiger partial charge in [-0.05, 0) is 34.7 Å². The van der Waals surface area contributed by atoms with E-state index in [0.717, 1.165) is 9.36 Å². The average molecular weight is 376 g/mol. The van der Waals surface area contributed by atoms with Crippen molar-refractivity contribution in [3.63, 3.8) is 0 Å². The average Bonchev–Trinajstić information content (AvgIpc) is 2.99. The van der Waals surface area contributed by atoms with Crippen molar-refractivity contribution < 1.29 is 9.18 Å². The summed E-state index contributed by atoms with van der Waals surface area (Å²) in [4.78, 5) is 26.0. The van der Waals surface area contributed by atoms with E-state index in [4.69, 9.17) is 11.6 Å². The molecular formula is C17H15ClFN5O2. The van der Waals surface area contributed by atoms with Crippen LogP contribution in [0.1, 0.15) is 5.56 Å². The molecule has 0 fully saturated rings. The summed E-state index contributed by atoms with van der Waals surface area (Å²) < 4.78 is 15.9. The lowest BCUT2D eigenvalue weighted by molar-refractivity contribution is -0.131. The summed E-state index contributed by atoms with van der Waals surface area (Å²) >= 11 is 5.98. The van der Waals surface area contributed by atoms with Crippen LogP contribution in [0.15, 0.2) is 53.3 Å². The van der Waals surface area contributed by atoms with E-state index < -0.39 is 17.4 Å². The molecule has 0 saturated carbocycles. The first-order valence-corrected chi connectivity index (χ1v) is 8.10. The Morgan fingerprint density at radius 3 is 2.58 bits per heavy atom. The zero-order chi connectivity index (χ0) is 18.7.